The fourth-order valence-electron chi connectivity index (χ4n) is 2.38. The van der Waals surface area contributed by atoms with E-state index < -0.39 is 35.8 Å². The molecule has 0 bridgehead atoms. The largest absolute Gasteiger partial charge is 0.480 e. The first-order valence-electron chi connectivity index (χ1n) is 8.09. The van der Waals surface area contributed by atoms with Gasteiger partial charge in [-0.3, -0.25) is 9.59 Å². The van der Waals surface area contributed by atoms with Crippen molar-refractivity contribution >= 4 is 59.8 Å². The van der Waals surface area contributed by atoms with Gasteiger partial charge in [0, 0.05) is 22.6 Å². The van der Waals surface area contributed by atoms with Gasteiger partial charge in [0.15, 0.2) is 0 Å². The van der Waals surface area contributed by atoms with Crippen LogP contribution in [0, 0.1) is 0 Å². The van der Waals surface area contributed by atoms with E-state index in [-0.39, 0.29) is 22.6 Å². The Hall–Kier alpha value is -2.72. The number of carboxylic acids is 2. The molecule has 2 aromatic rings. The third kappa shape index (κ3) is 5.17. The van der Waals surface area contributed by atoms with Crippen LogP contribution in [0.25, 0.3) is 10.8 Å². The summed E-state index contributed by atoms with van der Waals surface area (Å²) in [5, 5.41) is 24.1. The molecule has 10 heteroatoms. The summed E-state index contributed by atoms with van der Waals surface area (Å²) < 4.78 is 0. The number of carbonyl (C=O) groups excluding carboxylic acids is 2. The standard InChI is InChI=1S/C18H18N2O6S2/c21-15(19-13(7-27)17(23)24)11-3-1-9-5-12(4-2-10(9)6-11)16(22)20-14(8-28)18(25)26/h1-6,13-14,27-28H,7-8H2,(H,19,21)(H,20,22)(H,23,24)(H,25,26). The van der Waals surface area contributed by atoms with Gasteiger partial charge in [-0.15, -0.1) is 0 Å². The minimum atomic E-state index is -1.18. The van der Waals surface area contributed by atoms with E-state index in [1.807, 2.05) is 0 Å². The summed E-state index contributed by atoms with van der Waals surface area (Å²) in [7, 11) is 0. The first kappa shape index (κ1) is 21.6. The molecule has 2 unspecified atom stereocenters. The van der Waals surface area contributed by atoms with E-state index >= 15 is 0 Å². The van der Waals surface area contributed by atoms with Gasteiger partial charge in [-0.2, -0.15) is 25.3 Å². The van der Waals surface area contributed by atoms with Crippen LogP contribution in [0.1, 0.15) is 20.7 Å². The first-order chi connectivity index (χ1) is 13.3. The number of hydrogen-bond acceptors (Lipinski definition) is 6. The van der Waals surface area contributed by atoms with Crippen molar-refractivity contribution in [2.45, 2.75) is 12.1 Å². The maximum Gasteiger partial charge on any atom is 0.327 e. The second-order valence-corrected chi connectivity index (χ2v) is 6.60. The lowest BCUT2D eigenvalue weighted by Crippen LogP contribution is -2.42. The Labute approximate surface area is 171 Å². The van der Waals surface area contributed by atoms with Crippen LogP contribution in [0.4, 0.5) is 0 Å². The van der Waals surface area contributed by atoms with Crippen molar-refractivity contribution in [2.24, 2.45) is 0 Å². The van der Waals surface area contributed by atoms with Gasteiger partial charge in [0.1, 0.15) is 12.1 Å². The lowest BCUT2D eigenvalue weighted by molar-refractivity contribution is -0.139. The summed E-state index contributed by atoms with van der Waals surface area (Å²) in [5.74, 6) is -3.55. The highest BCUT2D eigenvalue weighted by atomic mass is 32.1. The van der Waals surface area contributed by atoms with E-state index in [4.69, 9.17) is 10.2 Å². The van der Waals surface area contributed by atoms with Gasteiger partial charge in [-0.25, -0.2) is 9.59 Å². The summed E-state index contributed by atoms with van der Waals surface area (Å²) in [6, 6.07) is 7.16. The van der Waals surface area contributed by atoms with Crippen LogP contribution in [-0.2, 0) is 9.59 Å². The molecule has 0 radical (unpaired) electrons. The zero-order chi connectivity index (χ0) is 20.8. The van der Waals surface area contributed by atoms with Crippen molar-refractivity contribution in [3.05, 3.63) is 47.5 Å². The quantitative estimate of drug-likeness (QED) is 0.353. The Morgan fingerprint density at radius 2 is 1.11 bits per heavy atom. The van der Waals surface area contributed by atoms with Crippen molar-refractivity contribution in [3.63, 3.8) is 0 Å². The molecule has 0 saturated heterocycles. The van der Waals surface area contributed by atoms with E-state index in [1.54, 1.807) is 24.3 Å². The molecule has 0 heterocycles. The van der Waals surface area contributed by atoms with Crippen LogP contribution in [0.3, 0.4) is 0 Å². The third-order valence-electron chi connectivity index (χ3n) is 3.94. The minimum absolute atomic E-state index is 0.0449. The Morgan fingerprint density at radius 1 is 0.750 bits per heavy atom. The molecule has 0 aliphatic heterocycles. The number of rotatable bonds is 8. The number of benzene rings is 2. The van der Waals surface area contributed by atoms with E-state index in [0.717, 1.165) is 0 Å². The lowest BCUT2D eigenvalue weighted by Gasteiger charge is -2.13. The molecule has 28 heavy (non-hydrogen) atoms. The topological polar surface area (TPSA) is 133 Å². The highest BCUT2D eigenvalue weighted by molar-refractivity contribution is 7.80. The number of aliphatic carboxylic acids is 2. The summed E-state index contributed by atoms with van der Waals surface area (Å²) >= 11 is 7.80. The van der Waals surface area contributed by atoms with Crippen LogP contribution in [0.2, 0.25) is 0 Å². The molecule has 0 spiro atoms. The highest BCUT2D eigenvalue weighted by Crippen LogP contribution is 2.18. The maximum atomic E-state index is 12.2. The van der Waals surface area contributed by atoms with Crippen LogP contribution >= 0.6 is 25.3 Å². The molecule has 2 atom stereocenters. The van der Waals surface area contributed by atoms with Crippen molar-refractivity contribution in [1.29, 1.82) is 0 Å². The first-order valence-corrected chi connectivity index (χ1v) is 9.36. The number of nitrogens with one attached hydrogen (secondary N) is 2. The van der Waals surface area contributed by atoms with Crippen LogP contribution in [0.15, 0.2) is 36.4 Å². The number of carboxylic acid groups (broad SMARTS) is 2. The molecule has 0 aromatic heterocycles. The molecular weight excluding hydrogens is 404 g/mol. The second kappa shape index (κ2) is 9.47. The molecule has 2 aromatic carbocycles. The van der Waals surface area contributed by atoms with Gasteiger partial charge < -0.3 is 20.8 Å². The van der Waals surface area contributed by atoms with Gasteiger partial charge in [0.25, 0.3) is 11.8 Å². The Bertz CT molecular complexity index is 858. The van der Waals surface area contributed by atoms with E-state index in [0.29, 0.717) is 10.8 Å². The summed E-state index contributed by atoms with van der Waals surface area (Å²) in [6.07, 6.45) is 0. The molecular formula is C18H18N2O6S2. The predicted octanol–water partition coefficient (Wildman–Crippen LogP) is 1.07. The predicted molar refractivity (Wildman–Crippen MR) is 109 cm³/mol. The molecule has 0 aliphatic carbocycles. The molecule has 4 N–H and O–H groups in total. The molecule has 2 amide bonds. The van der Waals surface area contributed by atoms with E-state index in [1.165, 1.54) is 12.1 Å². The molecule has 8 nitrogen and oxygen atoms in total. The zero-order valence-electron chi connectivity index (χ0n) is 14.5. The van der Waals surface area contributed by atoms with E-state index in [2.05, 4.69) is 35.9 Å². The fourth-order valence-corrected chi connectivity index (χ4v) is 2.88. The average molecular weight is 422 g/mol. The summed E-state index contributed by atoms with van der Waals surface area (Å²) in [5.41, 5.74) is 0.525. The van der Waals surface area contributed by atoms with Gasteiger partial charge in [0.05, 0.1) is 0 Å². The summed E-state index contributed by atoms with van der Waals surface area (Å²) in [6.45, 7) is 0. The smallest absolute Gasteiger partial charge is 0.327 e. The number of hydrogen-bond donors (Lipinski definition) is 6. The maximum absolute atomic E-state index is 12.2. The molecule has 0 aliphatic rings. The van der Waals surface area contributed by atoms with Crippen molar-refractivity contribution < 1.29 is 29.4 Å². The van der Waals surface area contributed by atoms with Gasteiger partial charge in [-0.1, -0.05) is 12.1 Å². The normalized spacial score (nSPS) is 12.8. The SMILES string of the molecule is O=C(NC(CS)C(=O)O)c1ccc2cc(C(=O)NC(CS)C(=O)O)ccc2c1. The second-order valence-electron chi connectivity index (χ2n) is 5.87. The number of amides is 2. The molecule has 0 fully saturated rings. The van der Waals surface area contributed by atoms with Crippen LogP contribution < -0.4 is 10.6 Å². The van der Waals surface area contributed by atoms with Gasteiger partial charge in [0.2, 0.25) is 0 Å². The number of carbonyl (C=O) groups is 4. The fraction of sp³-hybridized carbons (Fsp3) is 0.222. The average Bonchev–Trinajstić information content (AvgIpc) is 2.68. The number of thiol groups is 2. The van der Waals surface area contributed by atoms with E-state index in [9.17, 15) is 19.2 Å². The highest BCUT2D eigenvalue weighted by Gasteiger charge is 2.20. The van der Waals surface area contributed by atoms with Crippen molar-refractivity contribution in [3.8, 4) is 0 Å². The summed E-state index contributed by atoms with van der Waals surface area (Å²) in [4.78, 5) is 46.5. The number of fused-ring (bicyclic) bond motifs is 1. The van der Waals surface area contributed by atoms with Gasteiger partial charge >= 0.3 is 11.9 Å². The van der Waals surface area contributed by atoms with Crippen molar-refractivity contribution in [2.75, 3.05) is 11.5 Å². The van der Waals surface area contributed by atoms with Gasteiger partial charge in [-0.05, 0) is 35.0 Å². The molecule has 148 valence electrons. The Kier molecular flexibility index (Phi) is 7.30. The van der Waals surface area contributed by atoms with Crippen LogP contribution in [0.5, 0.6) is 0 Å². The molecule has 0 saturated carbocycles. The molecule has 2 rings (SSSR count). The zero-order valence-corrected chi connectivity index (χ0v) is 16.2. The van der Waals surface area contributed by atoms with Crippen molar-refractivity contribution in [1.82, 2.24) is 10.6 Å². The monoisotopic (exact) mass is 422 g/mol. The Balaban J connectivity index is 2.21. The van der Waals surface area contributed by atoms with Crippen LogP contribution in [-0.4, -0.2) is 57.6 Å². The minimum Gasteiger partial charge on any atom is -0.480 e. The lowest BCUT2D eigenvalue weighted by atomic mass is 10.0. The third-order valence-corrected chi connectivity index (χ3v) is 4.67. The Morgan fingerprint density at radius 3 is 1.39 bits per heavy atom.